The van der Waals surface area contributed by atoms with E-state index in [1.54, 1.807) is 36.4 Å². The maximum Gasteiger partial charge on any atom is 0.256 e. The van der Waals surface area contributed by atoms with Gasteiger partial charge in [0.25, 0.3) is 5.91 Å². The Morgan fingerprint density at radius 1 is 1.06 bits per heavy atom. The fourth-order valence-electron chi connectivity index (χ4n) is 3.34. The third-order valence-corrected chi connectivity index (χ3v) is 4.90. The van der Waals surface area contributed by atoms with Crippen molar-refractivity contribution in [3.8, 4) is 5.75 Å². The van der Waals surface area contributed by atoms with Crippen LogP contribution in [0.2, 0.25) is 0 Å². The molecule has 0 unspecified atom stereocenters. The lowest BCUT2D eigenvalue weighted by atomic mass is 10.1. The molecule has 1 amide bonds. The van der Waals surface area contributed by atoms with E-state index < -0.39 is 0 Å². The number of amides is 1. The van der Waals surface area contributed by atoms with Crippen LogP contribution >= 0.6 is 0 Å². The molecule has 154 valence electrons. The number of nitrogens with zero attached hydrogens (tertiary/aromatic N) is 1. The highest BCUT2D eigenvalue weighted by Crippen LogP contribution is 2.25. The summed E-state index contributed by atoms with van der Waals surface area (Å²) in [5, 5.41) is 3.72. The predicted octanol–water partition coefficient (Wildman–Crippen LogP) is 4.77. The molecule has 0 bridgehead atoms. The van der Waals surface area contributed by atoms with Gasteiger partial charge in [-0.2, -0.15) is 0 Å². The first-order valence-corrected chi connectivity index (χ1v) is 9.77. The first kappa shape index (κ1) is 20.1. The number of carbonyl (C=O) groups excluding carboxylic acids is 2. The Morgan fingerprint density at radius 3 is 2.61 bits per heavy atom. The minimum Gasteiger partial charge on any atom is -0.489 e. The van der Waals surface area contributed by atoms with Crippen LogP contribution in [0.25, 0.3) is 10.9 Å². The van der Waals surface area contributed by atoms with Gasteiger partial charge in [0.05, 0.1) is 5.52 Å². The van der Waals surface area contributed by atoms with Gasteiger partial charge in [0, 0.05) is 39.1 Å². The van der Waals surface area contributed by atoms with Crippen LogP contribution in [0.1, 0.15) is 32.0 Å². The van der Waals surface area contributed by atoms with Crippen LogP contribution in [0.4, 0.5) is 11.4 Å². The van der Waals surface area contributed by atoms with Gasteiger partial charge in [-0.25, -0.2) is 0 Å². The van der Waals surface area contributed by atoms with Crippen LogP contribution in [-0.2, 0) is 6.61 Å². The van der Waals surface area contributed by atoms with E-state index >= 15 is 0 Å². The second kappa shape index (κ2) is 8.67. The number of benzene rings is 3. The highest BCUT2D eigenvalue weighted by atomic mass is 16.5. The number of rotatable bonds is 6. The monoisotopic (exact) mass is 411 g/mol. The Balaban J connectivity index is 1.52. The maximum atomic E-state index is 13.0. The van der Waals surface area contributed by atoms with Crippen molar-refractivity contribution in [2.24, 2.45) is 0 Å². The van der Waals surface area contributed by atoms with E-state index in [0.29, 0.717) is 28.3 Å². The van der Waals surface area contributed by atoms with Gasteiger partial charge in [0.2, 0.25) is 0 Å². The number of nitrogen functional groups attached to an aromatic ring is 1. The van der Waals surface area contributed by atoms with Crippen LogP contribution in [0.15, 0.2) is 72.8 Å². The molecule has 4 aromatic rings. The molecular weight excluding hydrogens is 390 g/mol. The van der Waals surface area contributed by atoms with Gasteiger partial charge in [-0.1, -0.05) is 18.2 Å². The van der Waals surface area contributed by atoms with E-state index in [2.05, 4.69) is 10.3 Å². The molecule has 0 fully saturated rings. The van der Waals surface area contributed by atoms with Gasteiger partial charge in [0.1, 0.15) is 18.6 Å². The summed E-state index contributed by atoms with van der Waals surface area (Å²) in [7, 11) is 0. The molecule has 0 aliphatic heterocycles. The molecule has 3 N–H and O–H groups in total. The predicted molar refractivity (Wildman–Crippen MR) is 121 cm³/mol. The Kier molecular flexibility index (Phi) is 5.62. The smallest absolute Gasteiger partial charge is 0.256 e. The summed E-state index contributed by atoms with van der Waals surface area (Å²) in [4.78, 5) is 28.2. The largest absolute Gasteiger partial charge is 0.489 e. The summed E-state index contributed by atoms with van der Waals surface area (Å²) in [6.45, 7) is 2.11. The van der Waals surface area contributed by atoms with Gasteiger partial charge in [-0.05, 0) is 61.5 Å². The molecule has 1 heterocycles. The lowest BCUT2D eigenvalue weighted by Gasteiger charge is -2.12. The summed E-state index contributed by atoms with van der Waals surface area (Å²) in [6, 6.07) is 21.4. The van der Waals surface area contributed by atoms with Crippen LogP contribution in [0, 0.1) is 6.92 Å². The number of nitrogens with one attached hydrogen (secondary N) is 1. The average Bonchev–Trinajstić information content (AvgIpc) is 2.78. The van der Waals surface area contributed by atoms with Crippen molar-refractivity contribution in [2.45, 2.75) is 13.5 Å². The number of hydrogen-bond acceptors (Lipinski definition) is 5. The number of anilines is 2. The molecule has 0 aliphatic rings. The first-order valence-electron chi connectivity index (χ1n) is 9.77. The van der Waals surface area contributed by atoms with E-state index in [-0.39, 0.29) is 12.5 Å². The van der Waals surface area contributed by atoms with E-state index in [9.17, 15) is 9.59 Å². The quantitative estimate of drug-likeness (QED) is 0.446. The fourth-order valence-corrected chi connectivity index (χ4v) is 3.34. The molecule has 0 radical (unpaired) electrons. The van der Waals surface area contributed by atoms with E-state index in [1.807, 2.05) is 43.3 Å². The first-order chi connectivity index (χ1) is 15.0. The Bertz CT molecular complexity index is 1270. The van der Waals surface area contributed by atoms with Crippen LogP contribution < -0.4 is 15.8 Å². The normalized spacial score (nSPS) is 10.6. The summed E-state index contributed by atoms with van der Waals surface area (Å²) in [5.41, 5.74) is 10.8. The average molecular weight is 411 g/mol. The van der Waals surface area contributed by atoms with Crippen molar-refractivity contribution in [3.05, 3.63) is 95.2 Å². The minimum atomic E-state index is -0.242. The molecule has 31 heavy (non-hydrogen) atoms. The zero-order valence-corrected chi connectivity index (χ0v) is 17.0. The number of aldehydes is 1. The summed E-state index contributed by atoms with van der Waals surface area (Å²) in [6.07, 6.45) is 0.779. The standard InChI is InChI=1S/C25H21N3O3/c1-16-12-23(26)22-13-19(8-11-24(22)27-16)28-25(30)21-5-3-2-4-18(21)15-31-20-9-6-17(14-29)7-10-20/h2-14H,15H2,1H3,(H2,26,27)(H,28,30). The van der Waals surface area contributed by atoms with Crippen molar-refractivity contribution < 1.29 is 14.3 Å². The Hall–Kier alpha value is -4.19. The van der Waals surface area contributed by atoms with Gasteiger partial charge >= 0.3 is 0 Å². The molecule has 1 aromatic heterocycles. The van der Waals surface area contributed by atoms with Crippen molar-refractivity contribution in [1.29, 1.82) is 0 Å². The molecule has 6 heteroatoms. The fraction of sp³-hybridized carbons (Fsp3) is 0.0800. The number of carbonyl (C=O) groups is 2. The lowest BCUT2D eigenvalue weighted by Crippen LogP contribution is -2.15. The van der Waals surface area contributed by atoms with Gasteiger partial charge in [-0.15, -0.1) is 0 Å². The number of hydrogen-bond donors (Lipinski definition) is 2. The van der Waals surface area contributed by atoms with Crippen molar-refractivity contribution in [3.63, 3.8) is 0 Å². The lowest BCUT2D eigenvalue weighted by molar-refractivity contribution is 0.102. The second-order valence-corrected chi connectivity index (χ2v) is 7.17. The third kappa shape index (κ3) is 4.53. The van der Waals surface area contributed by atoms with Crippen LogP contribution in [0.5, 0.6) is 5.75 Å². The highest BCUT2D eigenvalue weighted by Gasteiger charge is 2.13. The SMILES string of the molecule is Cc1cc(N)c2cc(NC(=O)c3ccccc3COc3ccc(C=O)cc3)ccc2n1. The highest BCUT2D eigenvalue weighted by molar-refractivity contribution is 6.06. The Morgan fingerprint density at radius 2 is 1.84 bits per heavy atom. The number of ether oxygens (including phenoxy) is 1. The molecule has 4 rings (SSSR count). The summed E-state index contributed by atoms with van der Waals surface area (Å²) in [5.74, 6) is 0.377. The van der Waals surface area contributed by atoms with Gasteiger partial charge in [0.15, 0.2) is 0 Å². The molecular formula is C25H21N3O3. The maximum absolute atomic E-state index is 13.0. The molecule has 0 atom stereocenters. The summed E-state index contributed by atoms with van der Waals surface area (Å²) < 4.78 is 5.80. The molecule has 3 aromatic carbocycles. The molecule has 0 saturated carbocycles. The van der Waals surface area contributed by atoms with Crippen molar-refractivity contribution in [2.75, 3.05) is 11.1 Å². The third-order valence-electron chi connectivity index (χ3n) is 4.90. The summed E-state index contributed by atoms with van der Waals surface area (Å²) >= 11 is 0. The van der Waals surface area contributed by atoms with E-state index in [1.165, 1.54) is 0 Å². The second-order valence-electron chi connectivity index (χ2n) is 7.17. The minimum absolute atomic E-state index is 0.220. The van der Waals surface area contributed by atoms with Crippen LogP contribution in [0.3, 0.4) is 0 Å². The molecule has 0 saturated heterocycles. The number of pyridine rings is 1. The zero-order chi connectivity index (χ0) is 21.8. The van der Waals surface area contributed by atoms with Crippen molar-refractivity contribution in [1.82, 2.24) is 4.98 Å². The Labute approximate surface area is 179 Å². The zero-order valence-electron chi connectivity index (χ0n) is 17.0. The van der Waals surface area contributed by atoms with Crippen molar-refractivity contribution >= 4 is 34.5 Å². The van der Waals surface area contributed by atoms with E-state index in [0.717, 1.165) is 28.4 Å². The molecule has 6 nitrogen and oxygen atoms in total. The number of fused-ring (bicyclic) bond motifs is 1. The molecule has 0 spiro atoms. The van der Waals surface area contributed by atoms with Gasteiger partial charge in [-0.3, -0.25) is 14.6 Å². The van der Waals surface area contributed by atoms with E-state index in [4.69, 9.17) is 10.5 Å². The number of aryl methyl sites for hydroxylation is 1. The van der Waals surface area contributed by atoms with Gasteiger partial charge < -0.3 is 15.8 Å². The molecule has 0 aliphatic carbocycles. The number of nitrogens with two attached hydrogens (primary N) is 1. The number of aromatic nitrogens is 1. The topological polar surface area (TPSA) is 94.3 Å². The van der Waals surface area contributed by atoms with Crippen LogP contribution in [-0.4, -0.2) is 17.2 Å².